The van der Waals surface area contributed by atoms with Gasteiger partial charge in [-0.25, -0.2) is 9.37 Å². The first kappa shape index (κ1) is 28.6. The highest BCUT2D eigenvalue weighted by atomic mass is 32.1. The molecule has 45 heavy (non-hydrogen) atoms. The maximum absolute atomic E-state index is 14.4. The van der Waals surface area contributed by atoms with Crippen molar-refractivity contribution in [1.82, 2.24) is 14.8 Å². The Labute approximate surface area is 262 Å². The summed E-state index contributed by atoms with van der Waals surface area (Å²) < 4.78 is 16.0. The molecule has 3 N–H and O–H groups in total. The number of fused-ring (bicyclic) bond motifs is 3. The summed E-state index contributed by atoms with van der Waals surface area (Å²) in [4.78, 5) is 46.7. The smallest absolute Gasteiger partial charge is 0.276 e. The Kier molecular flexibility index (Phi) is 7.25. The summed E-state index contributed by atoms with van der Waals surface area (Å²) >= 11 is 1.33. The molecule has 0 unspecified atom stereocenters. The van der Waals surface area contributed by atoms with Crippen LogP contribution in [0.2, 0.25) is 0 Å². The zero-order chi connectivity index (χ0) is 31.2. The second-order valence-electron chi connectivity index (χ2n) is 11.3. The lowest BCUT2D eigenvalue weighted by Crippen LogP contribution is -2.33. The molecule has 4 heterocycles. The maximum atomic E-state index is 14.4. The van der Waals surface area contributed by atoms with Crippen molar-refractivity contribution in [2.45, 2.75) is 38.6 Å². The molecule has 5 aromatic rings. The van der Waals surface area contributed by atoms with Gasteiger partial charge in [-0.2, -0.15) is 5.10 Å². The number of pyridine rings is 1. The number of aromatic nitrogens is 3. The number of primary amides is 1. The van der Waals surface area contributed by atoms with Crippen LogP contribution in [0.25, 0.3) is 21.7 Å². The molecule has 3 aromatic heterocycles. The van der Waals surface area contributed by atoms with Gasteiger partial charge in [0.25, 0.3) is 11.8 Å². The Morgan fingerprint density at radius 2 is 1.84 bits per heavy atom. The number of halogens is 1. The van der Waals surface area contributed by atoms with Crippen LogP contribution in [-0.2, 0) is 17.8 Å². The summed E-state index contributed by atoms with van der Waals surface area (Å²) in [6, 6.07) is 19.5. The van der Waals surface area contributed by atoms with Crippen molar-refractivity contribution in [1.29, 1.82) is 0 Å². The van der Waals surface area contributed by atoms with E-state index < -0.39 is 11.7 Å². The van der Waals surface area contributed by atoms with Crippen LogP contribution in [0.15, 0.2) is 72.9 Å². The quantitative estimate of drug-likeness (QED) is 0.233. The lowest BCUT2D eigenvalue weighted by Gasteiger charge is -2.23. The van der Waals surface area contributed by atoms with Crippen LogP contribution in [0.4, 0.5) is 15.8 Å². The van der Waals surface area contributed by atoms with E-state index in [-0.39, 0.29) is 29.7 Å². The third-order valence-electron chi connectivity index (χ3n) is 8.10. The first-order valence-electron chi connectivity index (χ1n) is 14.7. The highest BCUT2D eigenvalue weighted by Crippen LogP contribution is 2.44. The van der Waals surface area contributed by atoms with E-state index in [4.69, 9.17) is 10.7 Å². The number of hydrogen-bond acceptors (Lipinski definition) is 6. The largest absolute Gasteiger partial charge is 0.368 e. The minimum Gasteiger partial charge on any atom is -0.368 e. The predicted molar refractivity (Wildman–Crippen MR) is 171 cm³/mol. The third-order valence-corrected chi connectivity index (χ3v) is 9.31. The SMILES string of the molecule is Cc1cccc(F)c1NC(=O)c1cc2c(s1)-c1ccccc1N(C(=O)c1cccc(-c3cn(CC(N)=O)nc3C3CC3)n1)CC2. The van der Waals surface area contributed by atoms with Crippen molar-refractivity contribution in [2.75, 3.05) is 16.8 Å². The molecule has 9 nitrogen and oxygen atoms in total. The van der Waals surface area contributed by atoms with Gasteiger partial charge in [0.05, 0.1) is 27.6 Å². The van der Waals surface area contributed by atoms with Gasteiger partial charge >= 0.3 is 0 Å². The standard InChI is InChI=1S/C34H29FN6O3S/c1-19-6-4-8-24(35)30(19)38-33(43)28-16-21-14-15-41(27-11-3-2-7-22(27)32(21)45-28)34(44)26-10-5-9-25(37-26)23-17-40(18-29(36)42)39-31(23)20-12-13-20/h2-11,16-17,20H,12-15,18H2,1H3,(H2,36,42)(H,38,43). The fraction of sp³-hybridized carbons (Fsp3) is 0.206. The normalized spacial score (nSPS) is 14.0. The average molecular weight is 621 g/mol. The number of nitrogens with one attached hydrogen (secondary N) is 1. The summed E-state index contributed by atoms with van der Waals surface area (Å²) in [5.74, 6) is -1.29. The molecular weight excluding hydrogens is 591 g/mol. The number of rotatable bonds is 7. The number of carbonyl (C=O) groups is 3. The average Bonchev–Trinajstić information content (AvgIpc) is 3.69. The van der Waals surface area contributed by atoms with Gasteiger partial charge in [-0.05, 0) is 67.6 Å². The number of benzene rings is 2. The van der Waals surface area contributed by atoms with E-state index in [1.807, 2.05) is 36.4 Å². The highest BCUT2D eigenvalue weighted by molar-refractivity contribution is 7.17. The van der Waals surface area contributed by atoms with Gasteiger partial charge in [-0.3, -0.25) is 19.1 Å². The molecule has 2 aromatic carbocycles. The zero-order valence-electron chi connectivity index (χ0n) is 24.4. The van der Waals surface area contributed by atoms with Crippen LogP contribution < -0.4 is 16.0 Å². The second kappa shape index (κ2) is 11.4. The van der Waals surface area contributed by atoms with E-state index in [2.05, 4.69) is 10.4 Å². The number of anilines is 2. The van der Waals surface area contributed by atoms with Gasteiger partial charge in [0, 0.05) is 34.7 Å². The summed E-state index contributed by atoms with van der Waals surface area (Å²) in [7, 11) is 0. The molecule has 3 amide bonds. The molecule has 0 saturated heterocycles. The van der Waals surface area contributed by atoms with Crippen molar-refractivity contribution >= 4 is 40.4 Å². The molecule has 1 aliphatic carbocycles. The zero-order valence-corrected chi connectivity index (χ0v) is 25.2. The van der Waals surface area contributed by atoms with Crippen LogP contribution >= 0.6 is 11.3 Å². The molecule has 0 bridgehead atoms. The summed E-state index contributed by atoms with van der Waals surface area (Å²) in [5, 5.41) is 7.33. The number of carbonyl (C=O) groups excluding carboxylic acids is 3. The van der Waals surface area contributed by atoms with E-state index in [9.17, 15) is 18.8 Å². The molecule has 7 rings (SSSR count). The minimum atomic E-state index is -0.484. The van der Waals surface area contributed by atoms with Crippen molar-refractivity contribution < 1.29 is 18.8 Å². The number of nitrogens with zero attached hydrogens (tertiary/aromatic N) is 4. The summed E-state index contributed by atoms with van der Waals surface area (Å²) in [6.45, 7) is 2.10. The molecule has 11 heteroatoms. The Hall–Kier alpha value is -5.16. The minimum absolute atomic E-state index is 0.0286. The molecule has 1 aliphatic heterocycles. The second-order valence-corrected chi connectivity index (χ2v) is 12.4. The summed E-state index contributed by atoms with van der Waals surface area (Å²) in [5.41, 5.74) is 11.3. The topological polar surface area (TPSA) is 123 Å². The van der Waals surface area contributed by atoms with Crippen molar-refractivity contribution in [3.63, 3.8) is 0 Å². The molecule has 1 saturated carbocycles. The fourth-order valence-corrected chi connectivity index (χ4v) is 6.90. The van der Waals surface area contributed by atoms with Crippen LogP contribution in [0.5, 0.6) is 0 Å². The van der Waals surface area contributed by atoms with E-state index in [0.717, 1.165) is 45.8 Å². The van der Waals surface area contributed by atoms with Gasteiger partial charge in [0.15, 0.2) is 0 Å². The van der Waals surface area contributed by atoms with E-state index in [1.165, 1.54) is 22.1 Å². The first-order chi connectivity index (χ1) is 21.8. The molecule has 1 fully saturated rings. The molecule has 2 aliphatic rings. The number of hydrogen-bond donors (Lipinski definition) is 2. The van der Waals surface area contributed by atoms with Gasteiger partial charge in [-0.1, -0.05) is 36.4 Å². The lowest BCUT2D eigenvalue weighted by molar-refractivity contribution is -0.118. The third kappa shape index (κ3) is 5.51. The van der Waals surface area contributed by atoms with Gasteiger partial charge in [0.1, 0.15) is 18.1 Å². The predicted octanol–water partition coefficient (Wildman–Crippen LogP) is 5.94. The Balaban J connectivity index is 1.19. The van der Waals surface area contributed by atoms with Crippen LogP contribution in [0.1, 0.15) is 55.7 Å². The van der Waals surface area contributed by atoms with Crippen molar-refractivity contribution in [2.24, 2.45) is 5.73 Å². The van der Waals surface area contributed by atoms with Crippen LogP contribution in [0, 0.1) is 12.7 Å². The first-order valence-corrected chi connectivity index (χ1v) is 15.5. The molecule has 0 spiro atoms. The number of para-hydroxylation sites is 2. The van der Waals surface area contributed by atoms with Crippen molar-refractivity contribution in [3.05, 3.63) is 106 Å². The van der Waals surface area contributed by atoms with Gasteiger partial charge in [0.2, 0.25) is 5.91 Å². The van der Waals surface area contributed by atoms with E-state index >= 15 is 0 Å². The Morgan fingerprint density at radius 1 is 1.04 bits per heavy atom. The Bertz CT molecular complexity index is 1980. The van der Waals surface area contributed by atoms with Gasteiger partial charge in [-0.15, -0.1) is 11.3 Å². The van der Waals surface area contributed by atoms with E-state index in [0.29, 0.717) is 35.0 Å². The van der Waals surface area contributed by atoms with E-state index in [1.54, 1.807) is 42.3 Å². The monoisotopic (exact) mass is 620 g/mol. The number of amides is 3. The lowest BCUT2D eigenvalue weighted by atomic mass is 10.1. The number of thiophene rings is 1. The summed E-state index contributed by atoms with van der Waals surface area (Å²) in [6.07, 6.45) is 4.32. The van der Waals surface area contributed by atoms with Gasteiger partial charge < -0.3 is 16.0 Å². The number of nitrogens with two attached hydrogens (primary N) is 1. The fourth-order valence-electron chi connectivity index (χ4n) is 5.76. The molecule has 0 radical (unpaired) electrons. The molecule has 226 valence electrons. The number of aryl methyl sites for hydroxylation is 1. The van der Waals surface area contributed by atoms with Crippen LogP contribution in [0.3, 0.4) is 0 Å². The highest BCUT2D eigenvalue weighted by Gasteiger charge is 2.32. The Morgan fingerprint density at radius 3 is 2.62 bits per heavy atom. The molecule has 0 atom stereocenters. The maximum Gasteiger partial charge on any atom is 0.276 e. The van der Waals surface area contributed by atoms with Crippen LogP contribution in [-0.4, -0.2) is 39.0 Å². The van der Waals surface area contributed by atoms with Crippen molar-refractivity contribution in [3.8, 4) is 21.7 Å². The molecular formula is C34H29FN6O3S.